The van der Waals surface area contributed by atoms with E-state index in [-0.39, 0.29) is 0 Å². The molecule has 0 aliphatic heterocycles. The van der Waals surface area contributed by atoms with Crippen molar-refractivity contribution in [2.45, 2.75) is 13.5 Å². The number of aromatic nitrogens is 2. The molecule has 96 valence electrons. The number of thiazole rings is 1. The van der Waals surface area contributed by atoms with Crippen molar-refractivity contribution in [2.75, 3.05) is 11.1 Å². The van der Waals surface area contributed by atoms with Crippen LogP contribution in [0.15, 0.2) is 36.7 Å². The number of hydrogen-bond donors (Lipinski definition) is 2. The molecule has 3 rings (SSSR count). The molecule has 5 heteroatoms. The van der Waals surface area contributed by atoms with Crippen LogP contribution in [0.4, 0.5) is 11.4 Å². The molecule has 1 aromatic carbocycles. The standard InChI is InChI=1S/C14H14N4S/c1-9-6-17-13(19-9)8-18-14-10-4-2-3-5-12(10)16-7-11(14)15/h2-7H,8,15H2,1H3,(H,16,18). The van der Waals surface area contributed by atoms with Crippen LogP contribution in [0.25, 0.3) is 10.9 Å². The summed E-state index contributed by atoms with van der Waals surface area (Å²) in [7, 11) is 0. The van der Waals surface area contributed by atoms with Crippen molar-refractivity contribution in [1.29, 1.82) is 0 Å². The minimum atomic E-state index is 0.659. The smallest absolute Gasteiger partial charge is 0.112 e. The molecule has 2 aromatic heterocycles. The van der Waals surface area contributed by atoms with Crippen molar-refractivity contribution < 1.29 is 0 Å². The van der Waals surface area contributed by atoms with Gasteiger partial charge in [-0.25, -0.2) is 4.98 Å². The second-order valence-electron chi connectivity index (χ2n) is 4.32. The highest BCUT2D eigenvalue weighted by Gasteiger charge is 2.07. The number of benzene rings is 1. The fourth-order valence-corrected chi connectivity index (χ4v) is 2.73. The second-order valence-corrected chi connectivity index (χ2v) is 5.64. The third-order valence-corrected chi connectivity index (χ3v) is 3.80. The van der Waals surface area contributed by atoms with E-state index in [9.17, 15) is 0 Å². The van der Waals surface area contributed by atoms with Gasteiger partial charge in [0.25, 0.3) is 0 Å². The zero-order valence-corrected chi connectivity index (χ0v) is 11.4. The molecule has 0 unspecified atom stereocenters. The molecule has 0 amide bonds. The number of nitrogens with one attached hydrogen (secondary N) is 1. The van der Waals surface area contributed by atoms with E-state index in [1.54, 1.807) is 17.5 Å². The van der Waals surface area contributed by atoms with Crippen LogP contribution in [0, 0.1) is 6.92 Å². The van der Waals surface area contributed by atoms with E-state index in [4.69, 9.17) is 5.73 Å². The molecule has 0 saturated heterocycles. The molecule has 3 aromatic rings. The highest BCUT2D eigenvalue weighted by molar-refractivity contribution is 7.11. The predicted octanol–water partition coefficient (Wildman–Crippen LogP) is 3.19. The summed E-state index contributed by atoms with van der Waals surface area (Å²) < 4.78 is 0. The van der Waals surface area contributed by atoms with Gasteiger partial charge in [0.2, 0.25) is 0 Å². The number of nitrogen functional groups attached to an aromatic ring is 1. The van der Waals surface area contributed by atoms with Gasteiger partial charge in [-0.2, -0.15) is 0 Å². The number of aryl methyl sites for hydroxylation is 1. The summed E-state index contributed by atoms with van der Waals surface area (Å²) in [5.41, 5.74) is 8.54. The van der Waals surface area contributed by atoms with Gasteiger partial charge in [0.15, 0.2) is 0 Å². The van der Waals surface area contributed by atoms with Crippen molar-refractivity contribution in [3.8, 4) is 0 Å². The molecule has 0 aliphatic rings. The van der Waals surface area contributed by atoms with Crippen molar-refractivity contribution in [3.05, 3.63) is 46.5 Å². The Balaban J connectivity index is 1.93. The molecule has 19 heavy (non-hydrogen) atoms. The zero-order valence-electron chi connectivity index (χ0n) is 10.6. The van der Waals surface area contributed by atoms with E-state index in [0.29, 0.717) is 12.2 Å². The molecule has 0 radical (unpaired) electrons. The first-order chi connectivity index (χ1) is 9.24. The molecule has 2 heterocycles. The summed E-state index contributed by atoms with van der Waals surface area (Å²) in [6, 6.07) is 7.96. The molecule has 0 fully saturated rings. The van der Waals surface area contributed by atoms with Crippen LogP contribution < -0.4 is 11.1 Å². The van der Waals surface area contributed by atoms with Gasteiger partial charge in [-0.15, -0.1) is 11.3 Å². The predicted molar refractivity (Wildman–Crippen MR) is 80.3 cm³/mol. The average Bonchev–Trinajstić information content (AvgIpc) is 2.83. The molecule has 0 bridgehead atoms. The lowest BCUT2D eigenvalue weighted by Gasteiger charge is -2.10. The molecule has 3 N–H and O–H groups in total. The molecule has 4 nitrogen and oxygen atoms in total. The van der Waals surface area contributed by atoms with Gasteiger partial charge in [-0.1, -0.05) is 18.2 Å². The van der Waals surface area contributed by atoms with Crippen molar-refractivity contribution in [2.24, 2.45) is 0 Å². The Labute approximate surface area is 115 Å². The minimum Gasteiger partial charge on any atom is -0.396 e. The van der Waals surface area contributed by atoms with Gasteiger partial charge in [-0.3, -0.25) is 4.98 Å². The van der Waals surface area contributed by atoms with Crippen LogP contribution in [-0.2, 0) is 6.54 Å². The lowest BCUT2D eigenvalue weighted by atomic mass is 10.1. The maximum absolute atomic E-state index is 6.01. The Bertz CT molecular complexity index is 720. The van der Waals surface area contributed by atoms with Crippen molar-refractivity contribution >= 4 is 33.6 Å². The Morgan fingerprint density at radius 3 is 2.84 bits per heavy atom. The van der Waals surface area contributed by atoms with Gasteiger partial charge in [0.1, 0.15) is 5.01 Å². The summed E-state index contributed by atoms with van der Waals surface area (Å²) in [5.74, 6) is 0. The van der Waals surface area contributed by atoms with E-state index in [2.05, 4.69) is 22.2 Å². The fraction of sp³-hybridized carbons (Fsp3) is 0.143. The summed E-state index contributed by atoms with van der Waals surface area (Å²) in [6.07, 6.45) is 3.58. The molecule has 0 atom stereocenters. The molecule has 0 saturated carbocycles. The lowest BCUT2D eigenvalue weighted by molar-refractivity contribution is 1.10. The average molecular weight is 270 g/mol. The van der Waals surface area contributed by atoms with Gasteiger partial charge in [-0.05, 0) is 13.0 Å². The fourth-order valence-electron chi connectivity index (χ4n) is 2.00. The number of anilines is 2. The summed E-state index contributed by atoms with van der Waals surface area (Å²) in [5, 5.41) is 5.46. The third kappa shape index (κ3) is 2.37. The van der Waals surface area contributed by atoms with Gasteiger partial charge in [0, 0.05) is 16.5 Å². The van der Waals surface area contributed by atoms with E-state index in [1.807, 2.05) is 30.5 Å². The number of hydrogen-bond acceptors (Lipinski definition) is 5. The van der Waals surface area contributed by atoms with Gasteiger partial charge < -0.3 is 11.1 Å². The monoisotopic (exact) mass is 270 g/mol. The molecular weight excluding hydrogens is 256 g/mol. The van der Waals surface area contributed by atoms with Crippen molar-refractivity contribution in [3.63, 3.8) is 0 Å². The van der Waals surface area contributed by atoms with Crippen LogP contribution in [-0.4, -0.2) is 9.97 Å². The van der Waals surface area contributed by atoms with E-state index < -0.39 is 0 Å². The first-order valence-corrected chi connectivity index (χ1v) is 6.84. The number of nitrogens with zero attached hydrogens (tertiary/aromatic N) is 2. The SMILES string of the molecule is Cc1cnc(CNc2c(N)cnc3ccccc23)s1. The van der Waals surface area contributed by atoms with E-state index in [1.165, 1.54) is 4.88 Å². The first-order valence-electron chi connectivity index (χ1n) is 6.02. The van der Waals surface area contributed by atoms with Crippen LogP contribution in [0.1, 0.15) is 9.88 Å². The van der Waals surface area contributed by atoms with Crippen LogP contribution in [0.3, 0.4) is 0 Å². The number of para-hydroxylation sites is 1. The highest BCUT2D eigenvalue weighted by Crippen LogP contribution is 2.28. The van der Waals surface area contributed by atoms with Crippen LogP contribution >= 0.6 is 11.3 Å². The summed E-state index contributed by atoms with van der Waals surface area (Å²) in [6.45, 7) is 2.73. The van der Waals surface area contributed by atoms with Crippen LogP contribution in [0.5, 0.6) is 0 Å². The molecule has 0 spiro atoms. The maximum atomic E-state index is 6.01. The summed E-state index contributed by atoms with van der Waals surface area (Å²) >= 11 is 1.69. The van der Waals surface area contributed by atoms with Crippen molar-refractivity contribution in [1.82, 2.24) is 9.97 Å². The number of fused-ring (bicyclic) bond motifs is 1. The lowest BCUT2D eigenvalue weighted by Crippen LogP contribution is -2.03. The largest absolute Gasteiger partial charge is 0.396 e. The quantitative estimate of drug-likeness (QED) is 0.767. The van der Waals surface area contributed by atoms with Gasteiger partial charge in [0.05, 0.1) is 29.6 Å². The Kier molecular flexibility index (Phi) is 3.05. The van der Waals surface area contributed by atoms with Crippen LogP contribution in [0.2, 0.25) is 0 Å². The Morgan fingerprint density at radius 2 is 2.05 bits per heavy atom. The zero-order chi connectivity index (χ0) is 13.2. The third-order valence-electron chi connectivity index (χ3n) is 2.89. The highest BCUT2D eigenvalue weighted by atomic mass is 32.1. The number of rotatable bonds is 3. The number of pyridine rings is 1. The molecular formula is C14H14N4S. The minimum absolute atomic E-state index is 0.659. The number of nitrogens with two attached hydrogens (primary N) is 1. The Hall–Kier alpha value is -2.14. The topological polar surface area (TPSA) is 63.8 Å². The Morgan fingerprint density at radius 1 is 1.21 bits per heavy atom. The van der Waals surface area contributed by atoms with E-state index >= 15 is 0 Å². The maximum Gasteiger partial charge on any atom is 0.112 e. The first kappa shape index (κ1) is 11.9. The van der Waals surface area contributed by atoms with E-state index in [0.717, 1.165) is 21.6 Å². The second kappa shape index (κ2) is 4.85. The molecule has 0 aliphatic carbocycles. The summed E-state index contributed by atoms with van der Waals surface area (Å²) in [4.78, 5) is 9.88. The van der Waals surface area contributed by atoms with Gasteiger partial charge >= 0.3 is 0 Å². The normalized spacial score (nSPS) is 10.8.